The fourth-order valence-corrected chi connectivity index (χ4v) is 6.73. The molecular weight excluding hydrogens is 454 g/mol. The van der Waals surface area contributed by atoms with E-state index in [1.807, 2.05) is 7.11 Å². The van der Waals surface area contributed by atoms with Gasteiger partial charge in [-0.15, -0.1) is 0 Å². The van der Waals surface area contributed by atoms with Gasteiger partial charge in [-0.05, 0) is 130 Å². The van der Waals surface area contributed by atoms with Gasteiger partial charge < -0.3 is 10.5 Å². The Labute approximate surface area is 229 Å². The molecule has 0 aromatic heterocycles. The van der Waals surface area contributed by atoms with Crippen molar-refractivity contribution in [2.45, 2.75) is 116 Å². The first-order valence-corrected chi connectivity index (χ1v) is 15.4. The van der Waals surface area contributed by atoms with Crippen LogP contribution in [0.3, 0.4) is 0 Å². The molecule has 0 aliphatic heterocycles. The van der Waals surface area contributed by atoms with Gasteiger partial charge in [0.25, 0.3) is 0 Å². The summed E-state index contributed by atoms with van der Waals surface area (Å²) in [6.45, 7) is 8.97. The molecule has 2 fully saturated rings. The van der Waals surface area contributed by atoms with E-state index < -0.39 is 0 Å². The van der Waals surface area contributed by atoms with Crippen LogP contribution in [0.1, 0.15) is 121 Å². The largest absolute Gasteiger partial charge is 0.385 e. The van der Waals surface area contributed by atoms with Crippen molar-refractivity contribution in [1.29, 1.82) is 0 Å². The molecule has 0 saturated heterocycles. The third-order valence-corrected chi connectivity index (χ3v) is 9.02. The number of aryl methyl sites for hydroxylation is 1. The summed E-state index contributed by atoms with van der Waals surface area (Å²) in [5.41, 5.74) is 9.58. The van der Waals surface area contributed by atoms with Gasteiger partial charge in [0.15, 0.2) is 0 Å². The zero-order chi connectivity index (χ0) is 26.9. The minimum atomic E-state index is 0.574. The van der Waals surface area contributed by atoms with Gasteiger partial charge in [-0.1, -0.05) is 63.5 Å². The first-order valence-electron chi connectivity index (χ1n) is 15.4. The Morgan fingerprint density at radius 3 is 2.11 bits per heavy atom. The number of benzene rings is 1. The molecule has 2 aliphatic carbocycles. The molecule has 3 nitrogen and oxygen atoms in total. The summed E-state index contributed by atoms with van der Waals surface area (Å²) in [6.07, 6.45) is 21.3. The van der Waals surface area contributed by atoms with Crippen LogP contribution in [-0.4, -0.2) is 26.5 Å². The molecular formula is C34H57NO2. The van der Waals surface area contributed by atoms with Crippen molar-refractivity contribution in [2.75, 3.05) is 20.3 Å². The normalized spacial score (nSPS) is 24.5. The van der Waals surface area contributed by atoms with Crippen molar-refractivity contribution in [3.63, 3.8) is 0 Å². The van der Waals surface area contributed by atoms with Crippen LogP contribution in [0.2, 0.25) is 0 Å². The maximum atomic E-state index is 9.41. The van der Waals surface area contributed by atoms with E-state index in [0.29, 0.717) is 5.57 Å². The quantitative estimate of drug-likeness (QED) is 0.154. The summed E-state index contributed by atoms with van der Waals surface area (Å²) in [4.78, 5) is 9.41. The predicted molar refractivity (Wildman–Crippen MR) is 159 cm³/mol. The Hall–Kier alpha value is -1.45. The van der Waals surface area contributed by atoms with Crippen LogP contribution in [0.4, 0.5) is 0 Å². The number of hydrogen-bond donors (Lipinski definition) is 1. The van der Waals surface area contributed by atoms with E-state index in [1.54, 1.807) is 12.5 Å². The maximum absolute atomic E-state index is 9.41. The summed E-state index contributed by atoms with van der Waals surface area (Å²) >= 11 is 0. The molecule has 37 heavy (non-hydrogen) atoms. The molecule has 1 unspecified atom stereocenters. The molecule has 0 heterocycles. The van der Waals surface area contributed by atoms with Crippen LogP contribution in [0, 0.1) is 23.7 Å². The molecule has 1 aromatic rings. The van der Waals surface area contributed by atoms with Crippen molar-refractivity contribution in [1.82, 2.24) is 0 Å². The Kier molecular flexibility index (Phi) is 16.1. The van der Waals surface area contributed by atoms with Crippen molar-refractivity contribution < 1.29 is 9.53 Å². The zero-order valence-corrected chi connectivity index (χ0v) is 24.4. The second-order valence-electron chi connectivity index (χ2n) is 12.0. The Morgan fingerprint density at radius 2 is 1.59 bits per heavy atom. The lowest BCUT2D eigenvalue weighted by Gasteiger charge is -2.38. The molecule has 2 saturated carbocycles. The fraction of sp³-hybridized carbons (Fsp3) is 0.735. The van der Waals surface area contributed by atoms with Crippen molar-refractivity contribution in [3.05, 3.63) is 47.5 Å². The number of unbranched alkanes of at least 4 members (excludes halogenated alkanes) is 2. The Morgan fingerprint density at radius 1 is 1.00 bits per heavy atom. The minimum Gasteiger partial charge on any atom is -0.385 e. The second kappa shape index (κ2) is 18.7. The maximum Gasteiger partial charge on any atom is 0.145 e. The van der Waals surface area contributed by atoms with Crippen LogP contribution in [0.5, 0.6) is 0 Å². The second-order valence-corrected chi connectivity index (χ2v) is 12.0. The van der Waals surface area contributed by atoms with E-state index in [9.17, 15) is 4.79 Å². The Bertz CT molecular complexity index is 727. The molecule has 0 spiro atoms. The van der Waals surface area contributed by atoms with E-state index >= 15 is 0 Å². The molecule has 0 amide bonds. The highest BCUT2D eigenvalue weighted by atomic mass is 16.5. The monoisotopic (exact) mass is 511 g/mol. The number of carbonyl (C=O) groups excluding carboxylic acids is 1. The van der Waals surface area contributed by atoms with Crippen LogP contribution in [-0.2, 0) is 16.0 Å². The van der Waals surface area contributed by atoms with E-state index in [4.69, 9.17) is 10.5 Å². The van der Waals surface area contributed by atoms with Gasteiger partial charge in [0, 0.05) is 13.7 Å². The molecule has 0 bridgehead atoms. The number of nitrogens with two attached hydrogens (primary N) is 1. The molecule has 3 heteroatoms. The van der Waals surface area contributed by atoms with Crippen LogP contribution in [0.15, 0.2) is 36.4 Å². The Balaban J connectivity index is 0.000000877. The van der Waals surface area contributed by atoms with Gasteiger partial charge in [0.1, 0.15) is 6.29 Å². The van der Waals surface area contributed by atoms with E-state index in [0.717, 1.165) is 49.0 Å². The van der Waals surface area contributed by atoms with Crippen molar-refractivity contribution in [2.24, 2.45) is 29.4 Å². The molecule has 3 rings (SSSR count). The minimum absolute atomic E-state index is 0.574. The first kappa shape index (κ1) is 31.8. The highest BCUT2D eigenvalue weighted by molar-refractivity contribution is 5.70. The number of carbonyl (C=O) groups is 1. The molecule has 2 aliphatic rings. The SMILES string of the molecule is C=C(C)C=O.CCCCCc1ccc(C2CCC(C3CCC(CC(CCN)CCOC)CC3)CC2)cc1. The topological polar surface area (TPSA) is 52.3 Å². The van der Waals surface area contributed by atoms with Gasteiger partial charge in [-0.3, -0.25) is 4.79 Å². The number of hydrogen-bond acceptors (Lipinski definition) is 3. The summed E-state index contributed by atoms with van der Waals surface area (Å²) in [7, 11) is 1.82. The standard InChI is InChI=1S/C30H51NO.C4H6O/c1-3-4-5-6-24-7-11-27(12-8-24)29-15-17-30(18-16-29)28-13-9-25(10-14-28)23-26(19-21-31)20-22-32-2;1-4(2)3-5/h7-8,11-12,25-26,28-30H,3-6,9-10,13-23,31H2,1-2H3;3H,1H2,2H3. The average molecular weight is 512 g/mol. The number of rotatable bonds is 14. The predicted octanol–water partition coefficient (Wildman–Crippen LogP) is 8.65. The number of ether oxygens (including phenoxy) is 1. The average Bonchev–Trinajstić information content (AvgIpc) is 2.93. The summed E-state index contributed by atoms with van der Waals surface area (Å²) in [5, 5.41) is 0. The lowest BCUT2D eigenvalue weighted by molar-refractivity contribution is -0.104. The van der Waals surface area contributed by atoms with Gasteiger partial charge in [-0.2, -0.15) is 0 Å². The van der Waals surface area contributed by atoms with Crippen LogP contribution < -0.4 is 5.73 Å². The highest BCUT2D eigenvalue weighted by Gasteiger charge is 2.31. The van der Waals surface area contributed by atoms with Gasteiger partial charge in [0.2, 0.25) is 0 Å². The molecule has 1 aromatic carbocycles. The number of allylic oxidation sites excluding steroid dienone is 1. The van der Waals surface area contributed by atoms with Crippen LogP contribution in [0.25, 0.3) is 0 Å². The van der Waals surface area contributed by atoms with E-state index in [-0.39, 0.29) is 0 Å². The highest BCUT2D eigenvalue weighted by Crippen LogP contribution is 2.45. The third-order valence-electron chi connectivity index (χ3n) is 9.02. The molecule has 0 radical (unpaired) electrons. The van der Waals surface area contributed by atoms with Crippen molar-refractivity contribution >= 4 is 6.29 Å². The molecule has 210 valence electrons. The third kappa shape index (κ3) is 12.3. The van der Waals surface area contributed by atoms with Crippen LogP contribution >= 0.6 is 0 Å². The van der Waals surface area contributed by atoms with Crippen molar-refractivity contribution in [3.8, 4) is 0 Å². The van der Waals surface area contributed by atoms with E-state index in [1.165, 1.54) is 102 Å². The zero-order valence-electron chi connectivity index (χ0n) is 24.4. The van der Waals surface area contributed by atoms with Gasteiger partial charge in [-0.25, -0.2) is 0 Å². The summed E-state index contributed by atoms with van der Waals surface area (Å²) in [6, 6.07) is 9.70. The first-order chi connectivity index (χ1) is 18.0. The number of aldehydes is 1. The smallest absolute Gasteiger partial charge is 0.145 e. The number of methoxy groups -OCH3 is 1. The van der Waals surface area contributed by atoms with E-state index in [2.05, 4.69) is 37.8 Å². The molecule has 2 N–H and O–H groups in total. The fourth-order valence-electron chi connectivity index (χ4n) is 6.73. The molecule has 1 atom stereocenters. The van der Waals surface area contributed by atoms with Gasteiger partial charge in [0.05, 0.1) is 0 Å². The lowest BCUT2D eigenvalue weighted by Crippen LogP contribution is -2.26. The van der Waals surface area contributed by atoms with Gasteiger partial charge >= 0.3 is 0 Å². The summed E-state index contributed by atoms with van der Waals surface area (Å²) < 4.78 is 5.33. The lowest BCUT2D eigenvalue weighted by atomic mass is 9.67. The summed E-state index contributed by atoms with van der Waals surface area (Å²) in [5.74, 6) is 4.51.